The van der Waals surface area contributed by atoms with Crippen LogP contribution in [0.5, 0.6) is 0 Å². The van der Waals surface area contributed by atoms with E-state index in [9.17, 15) is 0 Å². The predicted molar refractivity (Wildman–Crippen MR) is 24.2 cm³/mol. The predicted octanol–water partition coefficient (Wildman–Crippen LogP) is -4.81. The standard InChI is InChI=1S/C4H8.2BrH.Mg/c1-2-4-3-1;;;/h1-4H2;2*1H;/q;;;+2/p-2. The molecule has 1 aliphatic carbocycles. The summed E-state index contributed by atoms with van der Waals surface area (Å²) < 4.78 is 0. The zero-order valence-electron chi connectivity index (χ0n) is 4.29. The van der Waals surface area contributed by atoms with Gasteiger partial charge in [0.25, 0.3) is 0 Å². The molecule has 0 aliphatic heterocycles. The number of hydrogen-bond donors (Lipinski definition) is 0. The van der Waals surface area contributed by atoms with E-state index in [0.29, 0.717) is 0 Å². The first-order valence-corrected chi connectivity index (χ1v) is 2.00. The minimum Gasteiger partial charge on any atom is -1.00 e. The minimum absolute atomic E-state index is 0. The maximum absolute atomic E-state index is 1.50. The van der Waals surface area contributed by atoms with Gasteiger partial charge in [-0.15, -0.1) is 0 Å². The van der Waals surface area contributed by atoms with Gasteiger partial charge in [0.2, 0.25) is 0 Å². The second-order valence-corrected chi connectivity index (χ2v) is 1.41. The topological polar surface area (TPSA) is 0 Å². The molecule has 1 saturated carbocycles. The van der Waals surface area contributed by atoms with Gasteiger partial charge < -0.3 is 34.0 Å². The van der Waals surface area contributed by atoms with Crippen LogP contribution in [0.2, 0.25) is 0 Å². The van der Waals surface area contributed by atoms with Crippen molar-refractivity contribution < 1.29 is 34.0 Å². The molecule has 0 nitrogen and oxygen atoms in total. The molecule has 0 aromatic rings. The Morgan fingerprint density at radius 3 is 0.714 bits per heavy atom. The van der Waals surface area contributed by atoms with Crippen molar-refractivity contribution in [2.75, 3.05) is 0 Å². The van der Waals surface area contributed by atoms with Crippen molar-refractivity contribution in [1.82, 2.24) is 0 Å². The minimum atomic E-state index is 0. The molecule has 0 bridgehead atoms. The van der Waals surface area contributed by atoms with E-state index in [2.05, 4.69) is 0 Å². The van der Waals surface area contributed by atoms with Crippen LogP contribution in [0.3, 0.4) is 0 Å². The molecule has 40 valence electrons. The zero-order chi connectivity index (χ0) is 2.83. The third-order valence-electron chi connectivity index (χ3n) is 1.000. The molecule has 1 aliphatic rings. The molecule has 1 fully saturated rings. The molecule has 0 amide bonds. The normalized spacial score (nSPS) is 13.7. The Labute approximate surface area is 82.1 Å². The molecule has 0 spiro atoms. The summed E-state index contributed by atoms with van der Waals surface area (Å²) in [4.78, 5) is 0. The Morgan fingerprint density at radius 2 is 0.714 bits per heavy atom. The van der Waals surface area contributed by atoms with E-state index in [-0.39, 0.29) is 57.0 Å². The first kappa shape index (κ1) is 15.9. The summed E-state index contributed by atoms with van der Waals surface area (Å²) in [6.07, 6.45) is 6.00. The third-order valence-corrected chi connectivity index (χ3v) is 1.000. The van der Waals surface area contributed by atoms with Gasteiger partial charge in [-0.25, -0.2) is 0 Å². The summed E-state index contributed by atoms with van der Waals surface area (Å²) in [6.45, 7) is 0. The van der Waals surface area contributed by atoms with Gasteiger partial charge in [0.1, 0.15) is 0 Å². The smallest absolute Gasteiger partial charge is 1.00 e. The van der Waals surface area contributed by atoms with Crippen molar-refractivity contribution in [3.05, 3.63) is 0 Å². The fourth-order valence-electron chi connectivity index (χ4n) is 0.250. The average Bonchev–Trinajstić information content (AvgIpc) is 0.722. The van der Waals surface area contributed by atoms with Crippen LogP contribution in [0.25, 0.3) is 0 Å². The van der Waals surface area contributed by atoms with Crippen molar-refractivity contribution in [2.24, 2.45) is 0 Å². The summed E-state index contributed by atoms with van der Waals surface area (Å²) in [5.74, 6) is 0. The Kier molecular flexibility index (Phi) is 24.2. The van der Waals surface area contributed by atoms with Crippen LogP contribution in [0.1, 0.15) is 25.7 Å². The maximum atomic E-state index is 1.50. The van der Waals surface area contributed by atoms with Gasteiger partial charge in [0, 0.05) is 0 Å². The largest absolute Gasteiger partial charge is 2.00 e. The molecule has 0 unspecified atom stereocenters. The Bertz CT molecular complexity index is 17.7. The van der Waals surface area contributed by atoms with Crippen LogP contribution in [0.15, 0.2) is 0 Å². The second kappa shape index (κ2) is 10.7. The SMILES string of the molecule is C1CCC1.[Br-].[Br-].[Mg+2]. The van der Waals surface area contributed by atoms with Gasteiger partial charge in [-0.2, -0.15) is 0 Å². The molecule has 1 rings (SSSR count). The molecule has 0 atom stereocenters. The van der Waals surface area contributed by atoms with E-state index in [4.69, 9.17) is 0 Å². The number of halogens is 2. The molecule has 0 heterocycles. The fraction of sp³-hybridized carbons (Fsp3) is 1.00. The summed E-state index contributed by atoms with van der Waals surface area (Å²) >= 11 is 0. The van der Waals surface area contributed by atoms with Crippen molar-refractivity contribution in [1.29, 1.82) is 0 Å². The van der Waals surface area contributed by atoms with E-state index in [1.165, 1.54) is 25.7 Å². The van der Waals surface area contributed by atoms with E-state index < -0.39 is 0 Å². The first-order chi connectivity index (χ1) is 2.00. The van der Waals surface area contributed by atoms with Crippen LogP contribution in [-0.4, -0.2) is 23.1 Å². The van der Waals surface area contributed by atoms with E-state index in [0.717, 1.165) is 0 Å². The van der Waals surface area contributed by atoms with Gasteiger partial charge in [0.05, 0.1) is 0 Å². The molecule has 0 aromatic carbocycles. The van der Waals surface area contributed by atoms with Crippen LogP contribution in [0, 0.1) is 0 Å². The van der Waals surface area contributed by atoms with Gasteiger partial charge in [-0.1, -0.05) is 25.7 Å². The van der Waals surface area contributed by atoms with Gasteiger partial charge >= 0.3 is 23.1 Å². The van der Waals surface area contributed by atoms with E-state index >= 15 is 0 Å². The van der Waals surface area contributed by atoms with Crippen molar-refractivity contribution in [3.8, 4) is 0 Å². The Balaban J connectivity index is -0.0000000533. The maximum Gasteiger partial charge on any atom is 2.00 e. The average molecular weight is 240 g/mol. The van der Waals surface area contributed by atoms with E-state index in [1.54, 1.807) is 0 Å². The zero-order valence-corrected chi connectivity index (χ0v) is 8.88. The summed E-state index contributed by atoms with van der Waals surface area (Å²) in [5.41, 5.74) is 0. The van der Waals surface area contributed by atoms with Crippen LogP contribution in [-0.2, 0) is 0 Å². The van der Waals surface area contributed by atoms with Gasteiger partial charge in [-0.3, -0.25) is 0 Å². The monoisotopic (exact) mass is 238 g/mol. The summed E-state index contributed by atoms with van der Waals surface area (Å²) in [7, 11) is 0. The molecular formula is C4H8Br2Mg. The quantitative estimate of drug-likeness (QED) is 0.373. The van der Waals surface area contributed by atoms with Crippen LogP contribution >= 0.6 is 0 Å². The first-order valence-electron chi connectivity index (χ1n) is 2.00. The number of hydrogen-bond acceptors (Lipinski definition) is 0. The fourth-order valence-corrected chi connectivity index (χ4v) is 0.250. The van der Waals surface area contributed by atoms with Gasteiger partial charge in [0.15, 0.2) is 0 Å². The molecular weight excluding hydrogens is 232 g/mol. The third kappa shape index (κ3) is 7.73. The van der Waals surface area contributed by atoms with Gasteiger partial charge in [-0.05, 0) is 0 Å². The molecule has 3 heteroatoms. The molecule has 0 saturated heterocycles. The van der Waals surface area contributed by atoms with Crippen molar-refractivity contribution in [2.45, 2.75) is 25.7 Å². The van der Waals surface area contributed by atoms with Crippen LogP contribution in [0.4, 0.5) is 0 Å². The van der Waals surface area contributed by atoms with Crippen molar-refractivity contribution in [3.63, 3.8) is 0 Å². The van der Waals surface area contributed by atoms with Crippen LogP contribution < -0.4 is 34.0 Å². The Morgan fingerprint density at radius 1 is 0.571 bits per heavy atom. The van der Waals surface area contributed by atoms with E-state index in [1.807, 2.05) is 0 Å². The molecule has 0 aromatic heterocycles. The molecule has 7 heavy (non-hydrogen) atoms. The Hall–Kier alpha value is 1.73. The molecule has 0 radical (unpaired) electrons. The van der Waals surface area contributed by atoms with Crippen molar-refractivity contribution >= 4 is 23.1 Å². The molecule has 0 N–H and O–H groups in total. The summed E-state index contributed by atoms with van der Waals surface area (Å²) in [6, 6.07) is 0. The summed E-state index contributed by atoms with van der Waals surface area (Å²) in [5, 5.41) is 0. The second-order valence-electron chi connectivity index (χ2n) is 1.41. The number of rotatable bonds is 0.